The molecule has 1 aromatic rings. The third kappa shape index (κ3) is 4.01. The molecular weight excluding hydrogens is 203 g/mol. The first-order valence-electron chi connectivity index (χ1n) is 5.41. The zero-order valence-corrected chi connectivity index (χ0v) is 9.25. The molecule has 0 bridgehead atoms. The highest BCUT2D eigenvalue weighted by atomic mass is 19.1. The topological polar surface area (TPSA) is 38.0 Å². The summed E-state index contributed by atoms with van der Waals surface area (Å²) in [5.74, 6) is 7.83. The second-order valence-electron chi connectivity index (χ2n) is 3.76. The summed E-state index contributed by atoms with van der Waals surface area (Å²) in [5, 5.41) is 0. The Labute approximate surface area is 96.0 Å². The van der Waals surface area contributed by atoms with Crippen molar-refractivity contribution in [2.24, 2.45) is 5.84 Å². The summed E-state index contributed by atoms with van der Waals surface area (Å²) in [4.78, 5) is 0. The van der Waals surface area contributed by atoms with Crippen molar-refractivity contribution in [2.45, 2.75) is 31.7 Å². The van der Waals surface area contributed by atoms with Crippen LogP contribution in [0.3, 0.4) is 0 Å². The quantitative estimate of drug-likeness (QED) is 0.333. The van der Waals surface area contributed by atoms with Gasteiger partial charge < -0.3 is 0 Å². The molecule has 1 rings (SSSR count). The molecule has 0 heterocycles. The smallest absolute Gasteiger partial charge is 0.126 e. The van der Waals surface area contributed by atoms with E-state index in [9.17, 15) is 4.39 Å². The molecule has 0 aliphatic carbocycles. The number of hydrazine groups is 1. The lowest BCUT2D eigenvalue weighted by atomic mass is 10.0. The zero-order chi connectivity index (χ0) is 11.8. The number of rotatable bonds is 6. The largest absolute Gasteiger partial charge is 0.271 e. The second-order valence-corrected chi connectivity index (χ2v) is 3.76. The van der Waals surface area contributed by atoms with E-state index in [-0.39, 0.29) is 11.9 Å². The molecule has 1 aromatic carbocycles. The predicted octanol–water partition coefficient (Wildman–Crippen LogP) is 2.00. The molecule has 0 spiro atoms. The predicted molar refractivity (Wildman–Crippen MR) is 63.9 cm³/mol. The molecule has 0 aliphatic heterocycles. The highest BCUT2D eigenvalue weighted by Gasteiger charge is 2.09. The van der Waals surface area contributed by atoms with Gasteiger partial charge in [-0.15, -0.1) is 12.3 Å². The average Bonchev–Trinajstić information content (AvgIpc) is 2.30. The molecule has 0 amide bonds. The van der Waals surface area contributed by atoms with Crippen LogP contribution in [0.2, 0.25) is 0 Å². The van der Waals surface area contributed by atoms with E-state index >= 15 is 0 Å². The zero-order valence-electron chi connectivity index (χ0n) is 9.25. The van der Waals surface area contributed by atoms with Gasteiger partial charge in [-0.2, -0.15) is 0 Å². The van der Waals surface area contributed by atoms with Gasteiger partial charge in [0.05, 0.1) is 0 Å². The van der Waals surface area contributed by atoms with Crippen molar-refractivity contribution in [3.63, 3.8) is 0 Å². The minimum atomic E-state index is -0.181. The van der Waals surface area contributed by atoms with Crippen LogP contribution < -0.4 is 11.3 Å². The van der Waals surface area contributed by atoms with Crippen LogP contribution in [0.1, 0.15) is 24.8 Å². The first-order valence-corrected chi connectivity index (χ1v) is 5.41. The van der Waals surface area contributed by atoms with Gasteiger partial charge in [0.15, 0.2) is 0 Å². The van der Waals surface area contributed by atoms with E-state index < -0.39 is 0 Å². The number of benzene rings is 1. The molecule has 1 atom stereocenters. The van der Waals surface area contributed by atoms with Crippen LogP contribution >= 0.6 is 0 Å². The standard InChI is InChI=1S/C13H17FN2/c1-2-3-4-8-12(16-15)10-11-7-5-6-9-13(11)14/h1,5-7,9,12,16H,3-4,8,10,15H2. The third-order valence-electron chi connectivity index (χ3n) is 2.53. The number of nitrogens with one attached hydrogen (secondary N) is 1. The minimum Gasteiger partial charge on any atom is -0.271 e. The van der Waals surface area contributed by atoms with Gasteiger partial charge in [0.2, 0.25) is 0 Å². The Morgan fingerprint density at radius 3 is 2.81 bits per heavy atom. The summed E-state index contributed by atoms with van der Waals surface area (Å²) in [7, 11) is 0. The molecule has 16 heavy (non-hydrogen) atoms. The first kappa shape index (κ1) is 12.7. The van der Waals surface area contributed by atoms with Crippen molar-refractivity contribution in [1.82, 2.24) is 5.43 Å². The molecule has 0 saturated carbocycles. The fraction of sp³-hybridized carbons (Fsp3) is 0.385. The first-order chi connectivity index (χ1) is 7.77. The number of terminal acetylenes is 1. The van der Waals surface area contributed by atoms with Crippen LogP contribution in [-0.4, -0.2) is 6.04 Å². The summed E-state index contributed by atoms with van der Waals surface area (Å²) in [6.07, 6.45) is 8.25. The number of hydrogen-bond donors (Lipinski definition) is 2. The van der Waals surface area contributed by atoms with Crippen LogP contribution in [0.4, 0.5) is 4.39 Å². The van der Waals surface area contributed by atoms with Crippen LogP contribution in [0, 0.1) is 18.2 Å². The fourth-order valence-electron chi connectivity index (χ4n) is 1.62. The Morgan fingerprint density at radius 1 is 1.44 bits per heavy atom. The van der Waals surface area contributed by atoms with Crippen molar-refractivity contribution in [3.8, 4) is 12.3 Å². The maximum Gasteiger partial charge on any atom is 0.126 e. The Hall–Kier alpha value is -1.37. The van der Waals surface area contributed by atoms with Gasteiger partial charge in [-0.05, 0) is 30.9 Å². The SMILES string of the molecule is C#CCCCC(Cc1ccccc1F)NN. The van der Waals surface area contributed by atoms with Crippen molar-refractivity contribution in [3.05, 3.63) is 35.6 Å². The van der Waals surface area contributed by atoms with Gasteiger partial charge in [-0.25, -0.2) is 4.39 Å². The molecule has 3 heteroatoms. The summed E-state index contributed by atoms with van der Waals surface area (Å²) in [5.41, 5.74) is 3.39. The molecule has 2 nitrogen and oxygen atoms in total. The molecule has 0 aliphatic rings. The lowest BCUT2D eigenvalue weighted by molar-refractivity contribution is 0.470. The Balaban J connectivity index is 2.50. The molecule has 0 fully saturated rings. The van der Waals surface area contributed by atoms with Gasteiger partial charge in [0.25, 0.3) is 0 Å². The average molecular weight is 220 g/mol. The van der Waals surface area contributed by atoms with Crippen molar-refractivity contribution >= 4 is 0 Å². The molecule has 0 saturated heterocycles. The molecule has 86 valence electrons. The van der Waals surface area contributed by atoms with Crippen LogP contribution in [0.5, 0.6) is 0 Å². The highest BCUT2D eigenvalue weighted by molar-refractivity contribution is 5.18. The molecular formula is C13H17FN2. The number of nitrogens with two attached hydrogens (primary N) is 1. The maximum atomic E-state index is 13.4. The van der Waals surface area contributed by atoms with E-state index in [1.54, 1.807) is 12.1 Å². The van der Waals surface area contributed by atoms with Crippen molar-refractivity contribution in [1.29, 1.82) is 0 Å². The fourth-order valence-corrected chi connectivity index (χ4v) is 1.62. The second kappa shape index (κ2) is 7.00. The Kier molecular flexibility index (Phi) is 5.55. The van der Waals surface area contributed by atoms with E-state index in [1.165, 1.54) is 6.07 Å². The normalized spacial score (nSPS) is 12.1. The third-order valence-corrected chi connectivity index (χ3v) is 2.53. The molecule has 0 aromatic heterocycles. The van der Waals surface area contributed by atoms with E-state index in [0.29, 0.717) is 12.0 Å². The van der Waals surface area contributed by atoms with Crippen LogP contribution in [0.15, 0.2) is 24.3 Å². The molecule has 0 radical (unpaired) electrons. The molecule has 3 N–H and O–H groups in total. The highest BCUT2D eigenvalue weighted by Crippen LogP contribution is 2.11. The Bertz CT molecular complexity index is 357. The van der Waals surface area contributed by atoms with E-state index in [0.717, 1.165) is 19.3 Å². The summed E-state index contributed by atoms with van der Waals surface area (Å²) < 4.78 is 13.4. The summed E-state index contributed by atoms with van der Waals surface area (Å²) in [6, 6.07) is 6.82. The van der Waals surface area contributed by atoms with Crippen molar-refractivity contribution < 1.29 is 4.39 Å². The molecule has 1 unspecified atom stereocenters. The van der Waals surface area contributed by atoms with Gasteiger partial charge >= 0.3 is 0 Å². The Morgan fingerprint density at radius 2 is 2.19 bits per heavy atom. The van der Waals surface area contributed by atoms with Gasteiger partial charge in [-0.1, -0.05) is 18.2 Å². The summed E-state index contributed by atoms with van der Waals surface area (Å²) in [6.45, 7) is 0. The van der Waals surface area contributed by atoms with E-state index in [4.69, 9.17) is 12.3 Å². The number of halogens is 1. The maximum absolute atomic E-state index is 13.4. The van der Waals surface area contributed by atoms with E-state index in [1.807, 2.05) is 6.07 Å². The monoisotopic (exact) mass is 220 g/mol. The summed E-state index contributed by atoms with van der Waals surface area (Å²) >= 11 is 0. The minimum absolute atomic E-state index is 0.0743. The lowest BCUT2D eigenvalue weighted by Crippen LogP contribution is -2.36. The van der Waals surface area contributed by atoms with Crippen LogP contribution in [0.25, 0.3) is 0 Å². The van der Waals surface area contributed by atoms with Gasteiger partial charge in [0.1, 0.15) is 5.82 Å². The van der Waals surface area contributed by atoms with E-state index in [2.05, 4.69) is 11.3 Å². The lowest BCUT2D eigenvalue weighted by Gasteiger charge is -2.15. The van der Waals surface area contributed by atoms with Gasteiger partial charge in [-0.3, -0.25) is 11.3 Å². The number of hydrogen-bond acceptors (Lipinski definition) is 2. The number of unbranched alkanes of at least 4 members (excludes halogenated alkanes) is 1. The van der Waals surface area contributed by atoms with Gasteiger partial charge in [0, 0.05) is 12.5 Å². The van der Waals surface area contributed by atoms with Crippen LogP contribution in [-0.2, 0) is 6.42 Å². The van der Waals surface area contributed by atoms with Crippen molar-refractivity contribution in [2.75, 3.05) is 0 Å².